The molecule has 0 aliphatic heterocycles. The Balaban J connectivity index is 0.00000264. The summed E-state index contributed by atoms with van der Waals surface area (Å²) in [7, 11) is 0. The second-order valence-corrected chi connectivity index (χ2v) is 6.02. The third kappa shape index (κ3) is 5.68. The van der Waals surface area contributed by atoms with Gasteiger partial charge in [0.05, 0.1) is 0 Å². The molecule has 1 aromatic carbocycles. The van der Waals surface area contributed by atoms with Gasteiger partial charge in [-0.3, -0.25) is 9.59 Å². The maximum absolute atomic E-state index is 12.1. The van der Waals surface area contributed by atoms with Crippen molar-refractivity contribution in [3.05, 3.63) is 34.9 Å². The summed E-state index contributed by atoms with van der Waals surface area (Å²) in [6.07, 6.45) is 3.00. The molecule has 0 radical (unpaired) electrons. The van der Waals surface area contributed by atoms with Gasteiger partial charge in [-0.25, -0.2) is 0 Å². The van der Waals surface area contributed by atoms with E-state index in [1.54, 1.807) is 24.3 Å². The van der Waals surface area contributed by atoms with Crippen LogP contribution in [0.2, 0.25) is 5.02 Å². The summed E-state index contributed by atoms with van der Waals surface area (Å²) in [5, 5.41) is 6.24. The largest absolute Gasteiger partial charge is 0.354 e. The van der Waals surface area contributed by atoms with Gasteiger partial charge in [0, 0.05) is 29.6 Å². The van der Waals surface area contributed by atoms with Crippen LogP contribution in [0.3, 0.4) is 0 Å². The van der Waals surface area contributed by atoms with Gasteiger partial charge in [-0.15, -0.1) is 12.4 Å². The number of carbonyl (C=O) groups excluding carboxylic acids is 2. The minimum Gasteiger partial charge on any atom is -0.354 e. The van der Waals surface area contributed by atoms with Crippen molar-refractivity contribution in [1.29, 1.82) is 0 Å². The molecule has 2 rings (SSSR count). The second kappa shape index (κ2) is 9.75. The summed E-state index contributed by atoms with van der Waals surface area (Å²) >= 11 is 5.78. The van der Waals surface area contributed by atoms with Crippen molar-refractivity contribution in [3.63, 3.8) is 0 Å². The molecule has 1 aromatic rings. The molecule has 4 N–H and O–H groups in total. The third-order valence-electron chi connectivity index (χ3n) is 4.11. The Morgan fingerprint density at radius 2 is 1.78 bits per heavy atom. The molecule has 0 bridgehead atoms. The Bertz CT molecular complexity index is 523. The average molecular weight is 360 g/mol. The van der Waals surface area contributed by atoms with E-state index in [2.05, 4.69) is 10.6 Å². The first-order chi connectivity index (χ1) is 10.6. The summed E-state index contributed by atoms with van der Waals surface area (Å²) in [5.41, 5.74) is 6.24. The van der Waals surface area contributed by atoms with E-state index in [4.69, 9.17) is 17.3 Å². The average Bonchev–Trinajstić information content (AvgIpc) is 3.00. The highest BCUT2D eigenvalue weighted by Crippen LogP contribution is 2.30. The highest BCUT2D eigenvalue weighted by atomic mass is 35.5. The smallest absolute Gasteiger partial charge is 0.251 e. The quantitative estimate of drug-likeness (QED) is 0.679. The molecule has 2 atom stereocenters. The Kier molecular flexibility index (Phi) is 8.37. The van der Waals surface area contributed by atoms with Crippen molar-refractivity contribution < 1.29 is 9.59 Å². The molecule has 0 unspecified atom stereocenters. The van der Waals surface area contributed by atoms with Gasteiger partial charge in [0.1, 0.15) is 0 Å². The van der Waals surface area contributed by atoms with Crippen molar-refractivity contribution in [1.82, 2.24) is 10.6 Å². The molecule has 1 aliphatic rings. The number of halogens is 2. The van der Waals surface area contributed by atoms with Crippen LogP contribution in [0.1, 0.15) is 29.6 Å². The molecule has 2 amide bonds. The third-order valence-corrected chi connectivity index (χ3v) is 4.37. The number of benzene rings is 1. The zero-order chi connectivity index (χ0) is 15.9. The molecule has 1 aliphatic carbocycles. The molecule has 0 saturated heterocycles. The van der Waals surface area contributed by atoms with Crippen LogP contribution >= 0.6 is 24.0 Å². The SMILES string of the molecule is Cl.NC[C@H]1CCC[C@H]1C(=O)NCCNC(=O)c1ccc(Cl)cc1. The second-order valence-electron chi connectivity index (χ2n) is 5.59. The van der Waals surface area contributed by atoms with Crippen LogP contribution in [0.5, 0.6) is 0 Å². The summed E-state index contributed by atoms with van der Waals surface area (Å²) in [6.45, 7) is 1.38. The van der Waals surface area contributed by atoms with Crippen LogP contribution in [0.25, 0.3) is 0 Å². The fourth-order valence-corrected chi connectivity index (χ4v) is 2.99. The number of amides is 2. The van der Waals surface area contributed by atoms with Crippen molar-refractivity contribution in [2.45, 2.75) is 19.3 Å². The van der Waals surface area contributed by atoms with Gasteiger partial charge in [0.25, 0.3) is 5.91 Å². The van der Waals surface area contributed by atoms with Crippen LogP contribution in [0, 0.1) is 11.8 Å². The molecule has 0 spiro atoms. The van der Waals surface area contributed by atoms with Crippen molar-refractivity contribution >= 4 is 35.8 Å². The molecule has 0 heterocycles. The minimum absolute atomic E-state index is 0. The van der Waals surface area contributed by atoms with E-state index in [-0.39, 0.29) is 30.1 Å². The lowest BCUT2D eigenvalue weighted by molar-refractivity contribution is -0.125. The number of carbonyl (C=O) groups is 2. The maximum Gasteiger partial charge on any atom is 0.251 e. The lowest BCUT2D eigenvalue weighted by Crippen LogP contribution is -2.39. The molecule has 23 heavy (non-hydrogen) atoms. The normalized spacial score (nSPS) is 19.7. The predicted octanol–water partition coefficient (Wildman–Crippen LogP) is 1.98. The minimum atomic E-state index is -0.174. The van der Waals surface area contributed by atoms with E-state index in [0.717, 1.165) is 19.3 Å². The molecule has 1 saturated carbocycles. The standard InChI is InChI=1S/C16H22ClN3O2.ClH/c17-13-6-4-11(5-7-13)15(21)19-8-9-20-16(22)14-3-1-2-12(14)10-18;/h4-7,12,14H,1-3,8-10,18H2,(H,19,21)(H,20,22);1H/t12-,14-;/m1./s1. The summed E-state index contributed by atoms with van der Waals surface area (Å²) in [6, 6.07) is 6.68. The summed E-state index contributed by atoms with van der Waals surface area (Å²) < 4.78 is 0. The van der Waals surface area contributed by atoms with Gasteiger partial charge in [-0.05, 0) is 49.6 Å². The topological polar surface area (TPSA) is 84.2 Å². The molecule has 1 fully saturated rings. The molecule has 7 heteroatoms. The molecule has 0 aromatic heterocycles. The van der Waals surface area contributed by atoms with Crippen molar-refractivity contribution in [2.24, 2.45) is 17.6 Å². The first-order valence-electron chi connectivity index (χ1n) is 7.63. The zero-order valence-corrected chi connectivity index (χ0v) is 14.5. The molecule has 128 valence electrons. The van der Waals surface area contributed by atoms with E-state index in [9.17, 15) is 9.59 Å². The number of rotatable bonds is 6. The Morgan fingerprint density at radius 1 is 1.13 bits per heavy atom. The van der Waals surface area contributed by atoms with Crippen LogP contribution in [-0.4, -0.2) is 31.4 Å². The summed E-state index contributed by atoms with van der Waals surface area (Å²) in [4.78, 5) is 23.9. The number of nitrogens with one attached hydrogen (secondary N) is 2. The van der Waals surface area contributed by atoms with Crippen LogP contribution < -0.4 is 16.4 Å². The lowest BCUT2D eigenvalue weighted by Gasteiger charge is -2.17. The first kappa shape index (κ1) is 19.7. The fraction of sp³-hybridized carbons (Fsp3) is 0.500. The highest BCUT2D eigenvalue weighted by Gasteiger charge is 2.31. The van der Waals surface area contributed by atoms with Gasteiger partial charge in [-0.2, -0.15) is 0 Å². The van der Waals surface area contributed by atoms with Gasteiger partial charge >= 0.3 is 0 Å². The van der Waals surface area contributed by atoms with E-state index >= 15 is 0 Å². The molecular formula is C16H23Cl2N3O2. The van der Waals surface area contributed by atoms with Gasteiger partial charge < -0.3 is 16.4 Å². The first-order valence-corrected chi connectivity index (χ1v) is 8.01. The van der Waals surface area contributed by atoms with Crippen molar-refractivity contribution in [3.8, 4) is 0 Å². The van der Waals surface area contributed by atoms with Gasteiger partial charge in [0.2, 0.25) is 5.91 Å². The van der Waals surface area contributed by atoms with Crippen LogP contribution in [0.4, 0.5) is 0 Å². The fourth-order valence-electron chi connectivity index (χ4n) is 2.86. The monoisotopic (exact) mass is 359 g/mol. The molecule has 5 nitrogen and oxygen atoms in total. The zero-order valence-electron chi connectivity index (χ0n) is 12.9. The summed E-state index contributed by atoms with van der Waals surface area (Å²) in [5.74, 6) is 0.195. The van der Waals surface area contributed by atoms with E-state index in [1.165, 1.54) is 0 Å². The Labute approximate surface area is 147 Å². The van der Waals surface area contributed by atoms with E-state index < -0.39 is 0 Å². The number of hydrogen-bond donors (Lipinski definition) is 3. The van der Waals surface area contributed by atoms with Gasteiger partial charge in [0.15, 0.2) is 0 Å². The van der Waals surface area contributed by atoms with Crippen LogP contribution in [-0.2, 0) is 4.79 Å². The molecular weight excluding hydrogens is 337 g/mol. The Hall–Kier alpha value is -1.30. The maximum atomic E-state index is 12.1. The number of nitrogens with two attached hydrogens (primary N) is 1. The van der Waals surface area contributed by atoms with Crippen molar-refractivity contribution in [2.75, 3.05) is 19.6 Å². The van der Waals surface area contributed by atoms with Gasteiger partial charge in [-0.1, -0.05) is 18.0 Å². The van der Waals surface area contributed by atoms with Crippen LogP contribution in [0.15, 0.2) is 24.3 Å². The number of hydrogen-bond acceptors (Lipinski definition) is 3. The lowest BCUT2D eigenvalue weighted by atomic mass is 9.95. The van der Waals surface area contributed by atoms with E-state index in [0.29, 0.717) is 36.1 Å². The highest BCUT2D eigenvalue weighted by molar-refractivity contribution is 6.30. The van der Waals surface area contributed by atoms with E-state index in [1.807, 2.05) is 0 Å². The Morgan fingerprint density at radius 3 is 2.43 bits per heavy atom. The predicted molar refractivity (Wildman–Crippen MR) is 93.9 cm³/mol.